The first kappa shape index (κ1) is 18.2. The Hall–Kier alpha value is -1.60. The summed E-state index contributed by atoms with van der Waals surface area (Å²) in [7, 11) is -3.57. The van der Waals surface area contributed by atoms with Gasteiger partial charge in [0.1, 0.15) is 0 Å². The van der Waals surface area contributed by atoms with Crippen LogP contribution >= 0.6 is 23.2 Å². The number of sulfonamides is 1. The molecule has 0 spiro atoms. The molecule has 1 aliphatic rings. The lowest BCUT2D eigenvalue weighted by Gasteiger charge is -2.10. The fourth-order valence-electron chi connectivity index (χ4n) is 2.30. The van der Waals surface area contributed by atoms with Crippen molar-refractivity contribution in [3.63, 3.8) is 0 Å². The van der Waals surface area contributed by atoms with Gasteiger partial charge in [-0.05, 0) is 48.7 Å². The fraction of sp³-hybridized carbons (Fsp3) is 0.235. The Kier molecular flexibility index (Phi) is 5.34. The minimum Gasteiger partial charge on any atom is -0.326 e. The Bertz CT molecular complexity index is 892. The summed E-state index contributed by atoms with van der Waals surface area (Å²) in [6.07, 6.45) is 1.71. The van der Waals surface area contributed by atoms with Crippen LogP contribution in [0.1, 0.15) is 18.4 Å². The standard InChI is InChI=1S/C17H16Cl2N2O3S/c18-15-5-2-6-16(19)14(15)10-17(22)20-12-3-1-4-13(9-12)25(23,24)21-11-7-8-11/h1-6,9,11,21H,7-8,10H2,(H,20,22). The van der Waals surface area contributed by atoms with Gasteiger partial charge < -0.3 is 5.32 Å². The van der Waals surface area contributed by atoms with Gasteiger partial charge in [-0.1, -0.05) is 35.3 Å². The molecule has 5 nitrogen and oxygen atoms in total. The second-order valence-corrected chi connectivity index (χ2v) is 8.38. The molecule has 0 atom stereocenters. The lowest BCUT2D eigenvalue weighted by molar-refractivity contribution is -0.115. The van der Waals surface area contributed by atoms with Crippen LogP contribution in [0.2, 0.25) is 10.0 Å². The number of carbonyl (C=O) groups is 1. The molecule has 0 bridgehead atoms. The van der Waals surface area contributed by atoms with E-state index >= 15 is 0 Å². The van der Waals surface area contributed by atoms with Crippen molar-refractivity contribution < 1.29 is 13.2 Å². The molecule has 0 saturated heterocycles. The van der Waals surface area contributed by atoms with Gasteiger partial charge in [-0.15, -0.1) is 0 Å². The van der Waals surface area contributed by atoms with Crippen molar-refractivity contribution in [3.05, 3.63) is 58.1 Å². The third-order valence-electron chi connectivity index (χ3n) is 3.73. The molecule has 132 valence electrons. The van der Waals surface area contributed by atoms with Crippen molar-refractivity contribution in [1.82, 2.24) is 4.72 Å². The van der Waals surface area contributed by atoms with Crippen molar-refractivity contribution in [2.75, 3.05) is 5.32 Å². The highest BCUT2D eigenvalue weighted by molar-refractivity contribution is 7.89. The van der Waals surface area contributed by atoms with Crippen LogP contribution in [0, 0.1) is 0 Å². The molecule has 1 aliphatic carbocycles. The second-order valence-electron chi connectivity index (χ2n) is 5.85. The van der Waals surface area contributed by atoms with E-state index in [0.717, 1.165) is 12.8 Å². The molecule has 0 heterocycles. The minimum absolute atomic E-state index is 0.00416. The molecule has 0 unspecified atom stereocenters. The van der Waals surface area contributed by atoms with Crippen LogP contribution in [0.5, 0.6) is 0 Å². The molecule has 0 aromatic heterocycles. The first-order valence-corrected chi connectivity index (χ1v) is 9.94. The monoisotopic (exact) mass is 398 g/mol. The number of halogens is 2. The summed E-state index contributed by atoms with van der Waals surface area (Å²) in [5.74, 6) is -0.334. The normalized spacial score (nSPS) is 14.3. The average molecular weight is 399 g/mol. The SMILES string of the molecule is O=C(Cc1c(Cl)cccc1Cl)Nc1cccc(S(=O)(=O)NC2CC2)c1. The van der Waals surface area contributed by atoms with Crippen molar-refractivity contribution in [2.24, 2.45) is 0 Å². The van der Waals surface area contributed by atoms with Gasteiger partial charge >= 0.3 is 0 Å². The van der Waals surface area contributed by atoms with Crippen LogP contribution < -0.4 is 10.0 Å². The molecule has 2 N–H and O–H groups in total. The molecule has 1 fully saturated rings. The van der Waals surface area contributed by atoms with Gasteiger partial charge in [-0.3, -0.25) is 4.79 Å². The van der Waals surface area contributed by atoms with E-state index in [1.54, 1.807) is 30.3 Å². The molecule has 2 aromatic rings. The summed E-state index contributed by atoms with van der Waals surface area (Å²) >= 11 is 12.1. The maximum atomic E-state index is 12.2. The third-order valence-corrected chi connectivity index (χ3v) is 5.95. The van der Waals surface area contributed by atoms with E-state index in [0.29, 0.717) is 21.3 Å². The average Bonchev–Trinajstić information content (AvgIpc) is 3.35. The number of carbonyl (C=O) groups excluding carboxylic acids is 1. The minimum atomic E-state index is -3.57. The molecule has 0 aliphatic heterocycles. The summed E-state index contributed by atoms with van der Waals surface area (Å²) < 4.78 is 27.1. The summed E-state index contributed by atoms with van der Waals surface area (Å²) in [4.78, 5) is 12.4. The molecule has 3 rings (SSSR count). The Morgan fingerprint density at radius 2 is 1.72 bits per heavy atom. The number of amides is 1. The maximum Gasteiger partial charge on any atom is 0.240 e. The molecule has 25 heavy (non-hydrogen) atoms. The Labute approximate surface area is 156 Å². The number of nitrogens with one attached hydrogen (secondary N) is 2. The number of hydrogen-bond acceptors (Lipinski definition) is 3. The molecular weight excluding hydrogens is 383 g/mol. The zero-order valence-electron chi connectivity index (χ0n) is 13.1. The molecular formula is C17H16Cl2N2O3S. The highest BCUT2D eigenvalue weighted by Gasteiger charge is 2.28. The highest BCUT2D eigenvalue weighted by Crippen LogP contribution is 2.26. The molecule has 2 aromatic carbocycles. The van der Waals surface area contributed by atoms with Crippen LogP contribution in [0.3, 0.4) is 0 Å². The summed E-state index contributed by atoms with van der Waals surface area (Å²) in [6, 6.07) is 11.2. The van der Waals surface area contributed by atoms with Crippen LogP contribution in [-0.2, 0) is 21.2 Å². The number of hydrogen-bond donors (Lipinski definition) is 2. The van der Waals surface area contributed by atoms with E-state index in [1.165, 1.54) is 12.1 Å². The van der Waals surface area contributed by atoms with Gasteiger partial charge in [0.2, 0.25) is 15.9 Å². The zero-order chi connectivity index (χ0) is 18.0. The molecule has 0 radical (unpaired) electrons. The van der Waals surface area contributed by atoms with Gasteiger partial charge in [0.15, 0.2) is 0 Å². The quantitative estimate of drug-likeness (QED) is 0.779. The fourth-order valence-corrected chi connectivity index (χ4v) is 4.18. The first-order valence-electron chi connectivity index (χ1n) is 7.70. The van der Waals surface area contributed by atoms with Gasteiger partial charge in [-0.2, -0.15) is 0 Å². The van der Waals surface area contributed by atoms with Crippen molar-refractivity contribution in [3.8, 4) is 0 Å². The predicted octanol–water partition coefficient (Wildman–Crippen LogP) is 3.62. The molecule has 1 amide bonds. The Balaban J connectivity index is 1.72. The second kappa shape index (κ2) is 7.33. The van der Waals surface area contributed by atoms with Crippen molar-refractivity contribution in [2.45, 2.75) is 30.2 Å². The lowest BCUT2D eigenvalue weighted by Crippen LogP contribution is -2.25. The van der Waals surface area contributed by atoms with E-state index in [4.69, 9.17) is 23.2 Å². The largest absolute Gasteiger partial charge is 0.326 e. The van der Waals surface area contributed by atoms with E-state index < -0.39 is 10.0 Å². The van der Waals surface area contributed by atoms with Gasteiger partial charge in [0, 0.05) is 21.8 Å². The Morgan fingerprint density at radius 3 is 2.36 bits per heavy atom. The van der Waals surface area contributed by atoms with Gasteiger partial charge in [0.25, 0.3) is 0 Å². The zero-order valence-corrected chi connectivity index (χ0v) is 15.5. The van der Waals surface area contributed by atoms with E-state index in [-0.39, 0.29) is 23.3 Å². The summed E-state index contributed by atoms with van der Waals surface area (Å²) in [5, 5.41) is 3.50. The first-order chi connectivity index (χ1) is 11.8. The van der Waals surface area contributed by atoms with Crippen LogP contribution in [0.25, 0.3) is 0 Å². The summed E-state index contributed by atoms with van der Waals surface area (Å²) in [6.45, 7) is 0. The molecule has 1 saturated carbocycles. The smallest absolute Gasteiger partial charge is 0.240 e. The predicted molar refractivity (Wildman–Crippen MR) is 98.6 cm³/mol. The van der Waals surface area contributed by atoms with E-state index in [1.807, 2.05) is 0 Å². The van der Waals surface area contributed by atoms with Crippen molar-refractivity contribution >= 4 is 44.8 Å². The van der Waals surface area contributed by atoms with Gasteiger partial charge in [0.05, 0.1) is 11.3 Å². The van der Waals surface area contributed by atoms with E-state index in [2.05, 4.69) is 10.0 Å². The topological polar surface area (TPSA) is 75.3 Å². The van der Waals surface area contributed by atoms with Crippen LogP contribution in [0.4, 0.5) is 5.69 Å². The van der Waals surface area contributed by atoms with E-state index in [9.17, 15) is 13.2 Å². The number of rotatable bonds is 6. The molecule has 8 heteroatoms. The lowest BCUT2D eigenvalue weighted by atomic mass is 10.1. The van der Waals surface area contributed by atoms with Gasteiger partial charge in [-0.25, -0.2) is 13.1 Å². The Morgan fingerprint density at radius 1 is 1.08 bits per heavy atom. The highest BCUT2D eigenvalue weighted by atomic mass is 35.5. The van der Waals surface area contributed by atoms with Crippen molar-refractivity contribution in [1.29, 1.82) is 0 Å². The number of benzene rings is 2. The van der Waals surface area contributed by atoms with Crippen LogP contribution in [-0.4, -0.2) is 20.4 Å². The number of anilines is 1. The third kappa shape index (κ3) is 4.73. The van der Waals surface area contributed by atoms with Crippen LogP contribution in [0.15, 0.2) is 47.4 Å². The maximum absolute atomic E-state index is 12.2. The summed E-state index contributed by atoms with van der Waals surface area (Å²) in [5.41, 5.74) is 0.925.